The van der Waals surface area contributed by atoms with Crippen LogP contribution in [-0.2, 0) is 0 Å². The first kappa shape index (κ1) is 15.6. The van der Waals surface area contributed by atoms with Crippen LogP contribution in [0.15, 0.2) is 33.4 Å². The van der Waals surface area contributed by atoms with Gasteiger partial charge in [-0.05, 0) is 25.1 Å². The molecule has 0 aliphatic carbocycles. The van der Waals surface area contributed by atoms with Gasteiger partial charge in [0.1, 0.15) is 4.21 Å². The number of thiophene rings is 1. The monoisotopic (exact) mass is 349 g/mol. The summed E-state index contributed by atoms with van der Waals surface area (Å²) in [5.74, 6) is 0. The van der Waals surface area contributed by atoms with E-state index >= 15 is 0 Å². The Kier molecular flexibility index (Phi) is 4.93. The zero-order valence-corrected chi connectivity index (χ0v) is 13.3. The summed E-state index contributed by atoms with van der Waals surface area (Å²) in [6.45, 7) is 1.57. The fourth-order valence-electron chi connectivity index (χ4n) is 1.45. The van der Waals surface area contributed by atoms with Gasteiger partial charge in [0.2, 0.25) is 0 Å². The first-order valence-corrected chi connectivity index (χ1v) is 7.86. The van der Waals surface area contributed by atoms with Gasteiger partial charge in [0, 0.05) is 20.9 Å². The van der Waals surface area contributed by atoms with Gasteiger partial charge >= 0.3 is 0 Å². The number of aliphatic hydroxyl groups is 1. The molecule has 4 nitrogen and oxygen atoms in total. The van der Waals surface area contributed by atoms with E-state index in [9.17, 15) is 15.2 Å². The number of rotatable bonds is 4. The second-order valence-electron chi connectivity index (χ2n) is 3.93. The molecule has 0 spiro atoms. The van der Waals surface area contributed by atoms with Gasteiger partial charge in [-0.3, -0.25) is 10.1 Å². The van der Waals surface area contributed by atoms with Crippen LogP contribution in [0.3, 0.4) is 0 Å². The summed E-state index contributed by atoms with van der Waals surface area (Å²) in [6.07, 6.45) is -0.742. The van der Waals surface area contributed by atoms with Gasteiger partial charge in [0.05, 0.1) is 16.0 Å². The highest BCUT2D eigenvalue weighted by Gasteiger charge is 2.22. The Hall–Kier alpha value is -0.790. The summed E-state index contributed by atoms with van der Waals surface area (Å²) in [7, 11) is 0. The Labute approximate surface area is 133 Å². The third-order valence-electron chi connectivity index (χ3n) is 2.40. The molecule has 0 bridgehead atoms. The fourth-order valence-corrected chi connectivity index (χ4v) is 4.22. The maximum absolute atomic E-state index is 11.1. The van der Waals surface area contributed by atoms with Gasteiger partial charge < -0.3 is 5.11 Å². The van der Waals surface area contributed by atoms with Crippen molar-refractivity contribution in [3.05, 3.63) is 49.3 Å². The smallest absolute Gasteiger partial charge is 0.294 e. The molecule has 0 amide bonds. The Bertz CT molecular complexity index is 658. The number of nitrogens with zero attached hydrogens (tertiary/aromatic N) is 1. The van der Waals surface area contributed by atoms with Crippen LogP contribution < -0.4 is 0 Å². The van der Waals surface area contributed by atoms with Crippen LogP contribution in [0.25, 0.3) is 0 Å². The first-order valence-electron chi connectivity index (χ1n) is 5.47. The first-order chi connectivity index (χ1) is 9.38. The molecule has 0 saturated heterocycles. The Balaban J connectivity index is 2.39. The van der Waals surface area contributed by atoms with Crippen LogP contribution in [0.4, 0.5) is 5.69 Å². The molecular formula is C12H9Cl2NO3S2. The van der Waals surface area contributed by atoms with Crippen LogP contribution in [0.1, 0.15) is 17.9 Å². The highest BCUT2D eigenvalue weighted by molar-refractivity contribution is 8.01. The van der Waals surface area contributed by atoms with Gasteiger partial charge in [-0.1, -0.05) is 35.0 Å². The lowest BCUT2D eigenvalue weighted by molar-refractivity contribution is -0.387. The molecule has 2 rings (SSSR count). The van der Waals surface area contributed by atoms with Crippen molar-refractivity contribution in [1.29, 1.82) is 0 Å². The number of hydrogen-bond donors (Lipinski definition) is 1. The molecule has 8 heteroatoms. The van der Waals surface area contributed by atoms with E-state index in [1.807, 2.05) is 0 Å². The van der Waals surface area contributed by atoms with Gasteiger partial charge in [-0.15, -0.1) is 11.3 Å². The molecular weight excluding hydrogens is 341 g/mol. The number of halogens is 2. The molecule has 1 unspecified atom stereocenters. The summed E-state index contributed by atoms with van der Waals surface area (Å²) in [5, 5.41) is 21.5. The van der Waals surface area contributed by atoms with Crippen molar-refractivity contribution >= 4 is 52.0 Å². The maximum atomic E-state index is 11.1. The molecule has 1 aromatic carbocycles. The topological polar surface area (TPSA) is 63.4 Å². The molecule has 0 saturated carbocycles. The maximum Gasteiger partial charge on any atom is 0.294 e. The molecule has 1 aromatic heterocycles. The highest BCUT2D eigenvalue weighted by atomic mass is 35.5. The SMILES string of the molecule is CC(O)c1cc([N+](=O)[O-])c(Sc2ccc(Cl)cc2Cl)s1. The molecule has 0 fully saturated rings. The van der Waals surface area contributed by atoms with Crippen LogP contribution >= 0.6 is 46.3 Å². The lowest BCUT2D eigenvalue weighted by atomic mass is 10.3. The minimum atomic E-state index is -0.742. The predicted octanol–water partition coefficient (Wildman–Crippen LogP) is 5.17. The lowest BCUT2D eigenvalue weighted by Crippen LogP contribution is -1.87. The summed E-state index contributed by atoms with van der Waals surface area (Å²) in [4.78, 5) is 11.8. The highest BCUT2D eigenvalue weighted by Crippen LogP contribution is 2.45. The van der Waals surface area contributed by atoms with Crippen LogP contribution in [0.5, 0.6) is 0 Å². The van der Waals surface area contributed by atoms with E-state index in [2.05, 4.69) is 0 Å². The molecule has 1 N–H and O–H groups in total. The number of hydrogen-bond acceptors (Lipinski definition) is 5. The standard InChI is InChI=1S/C12H9Cl2NO3S2/c1-6(16)11-5-9(15(17)18)12(20-11)19-10-3-2-7(13)4-8(10)14/h2-6,16H,1H3. The second kappa shape index (κ2) is 6.32. The van der Waals surface area contributed by atoms with Gasteiger partial charge in [-0.25, -0.2) is 0 Å². The van der Waals surface area contributed by atoms with Crippen LogP contribution in [0.2, 0.25) is 10.0 Å². The van der Waals surface area contributed by atoms with E-state index in [0.29, 0.717) is 24.0 Å². The summed E-state index contributed by atoms with van der Waals surface area (Å²) < 4.78 is 0.482. The number of nitro groups is 1. The minimum absolute atomic E-state index is 0.0260. The molecule has 1 atom stereocenters. The number of aliphatic hydroxyl groups excluding tert-OH is 1. The molecule has 20 heavy (non-hydrogen) atoms. The van der Waals surface area contributed by atoms with E-state index in [-0.39, 0.29) is 5.69 Å². The number of benzene rings is 1. The van der Waals surface area contributed by atoms with Crippen molar-refractivity contribution in [2.24, 2.45) is 0 Å². The van der Waals surface area contributed by atoms with E-state index in [1.165, 1.54) is 29.2 Å². The van der Waals surface area contributed by atoms with Crippen molar-refractivity contribution in [2.45, 2.75) is 22.1 Å². The molecule has 0 radical (unpaired) electrons. The molecule has 2 aromatic rings. The fraction of sp³-hybridized carbons (Fsp3) is 0.167. The second-order valence-corrected chi connectivity index (χ2v) is 7.17. The van der Waals surface area contributed by atoms with E-state index < -0.39 is 11.0 Å². The van der Waals surface area contributed by atoms with Crippen LogP contribution in [0, 0.1) is 10.1 Å². The Morgan fingerprint density at radius 1 is 1.40 bits per heavy atom. The zero-order valence-electron chi connectivity index (χ0n) is 10.2. The van der Waals surface area contributed by atoms with Gasteiger partial charge in [0.25, 0.3) is 5.69 Å². The van der Waals surface area contributed by atoms with E-state index in [4.69, 9.17) is 23.2 Å². The molecule has 106 valence electrons. The van der Waals surface area contributed by atoms with Crippen molar-refractivity contribution in [3.63, 3.8) is 0 Å². The zero-order chi connectivity index (χ0) is 14.9. The summed E-state index contributed by atoms with van der Waals surface area (Å²) in [5.41, 5.74) is -0.0260. The summed E-state index contributed by atoms with van der Waals surface area (Å²) in [6, 6.07) is 6.35. The van der Waals surface area contributed by atoms with E-state index in [0.717, 1.165) is 0 Å². The average molecular weight is 350 g/mol. The predicted molar refractivity (Wildman–Crippen MR) is 82.2 cm³/mol. The molecule has 0 aliphatic heterocycles. The quantitative estimate of drug-likeness (QED) is 0.610. The third-order valence-corrected chi connectivity index (χ3v) is 5.62. The van der Waals surface area contributed by atoms with Crippen molar-refractivity contribution in [3.8, 4) is 0 Å². The lowest BCUT2D eigenvalue weighted by Gasteiger charge is -2.02. The molecule has 1 heterocycles. The largest absolute Gasteiger partial charge is 0.388 e. The third kappa shape index (κ3) is 3.45. The Morgan fingerprint density at radius 3 is 2.65 bits per heavy atom. The average Bonchev–Trinajstić information content (AvgIpc) is 2.77. The normalized spacial score (nSPS) is 12.4. The van der Waals surface area contributed by atoms with Crippen molar-refractivity contribution < 1.29 is 10.0 Å². The minimum Gasteiger partial charge on any atom is -0.388 e. The summed E-state index contributed by atoms with van der Waals surface area (Å²) >= 11 is 14.3. The molecule has 0 aliphatic rings. The van der Waals surface area contributed by atoms with E-state index in [1.54, 1.807) is 25.1 Å². The van der Waals surface area contributed by atoms with Crippen molar-refractivity contribution in [1.82, 2.24) is 0 Å². The van der Waals surface area contributed by atoms with Crippen molar-refractivity contribution in [2.75, 3.05) is 0 Å². The Morgan fingerprint density at radius 2 is 2.10 bits per heavy atom. The van der Waals surface area contributed by atoms with Gasteiger partial charge in [0.15, 0.2) is 0 Å². The van der Waals surface area contributed by atoms with Crippen LogP contribution in [-0.4, -0.2) is 10.0 Å². The van der Waals surface area contributed by atoms with Gasteiger partial charge in [-0.2, -0.15) is 0 Å².